The highest BCUT2D eigenvalue weighted by Crippen LogP contribution is 2.24. The van der Waals surface area contributed by atoms with Crippen molar-refractivity contribution in [2.45, 2.75) is 6.42 Å². The zero-order valence-electron chi connectivity index (χ0n) is 13.8. The molecule has 3 heterocycles. The SMILES string of the molecule is C=C(Cc1nc2cccc(-c3ccc(OC)cc3)n2n1)c1ccco1. The van der Waals surface area contributed by atoms with Gasteiger partial charge in [-0.25, -0.2) is 9.50 Å². The van der Waals surface area contributed by atoms with Crippen molar-refractivity contribution in [3.8, 4) is 17.0 Å². The van der Waals surface area contributed by atoms with Gasteiger partial charge < -0.3 is 9.15 Å². The second-order valence-corrected chi connectivity index (χ2v) is 5.70. The number of hydrogen-bond acceptors (Lipinski definition) is 4. The van der Waals surface area contributed by atoms with Crippen LogP contribution in [0.5, 0.6) is 5.75 Å². The Morgan fingerprint density at radius 3 is 2.68 bits per heavy atom. The standard InChI is InChI=1S/C20H17N3O2/c1-14(18-6-4-12-25-18)13-19-21-20-7-3-5-17(23(20)22-19)15-8-10-16(24-2)11-9-15/h3-12H,1,13H2,2H3. The van der Waals surface area contributed by atoms with E-state index in [4.69, 9.17) is 9.15 Å². The molecule has 3 aromatic heterocycles. The summed E-state index contributed by atoms with van der Waals surface area (Å²) in [5, 5.41) is 4.65. The highest BCUT2D eigenvalue weighted by molar-refractivity contribution is 5.64. The summed E-state index contributed by atoms with van der Waals surface area (Å²) >= 11 is 0. The van der Waals surface area contributed by atoms with Crippen LogP contribution in [0.2, 0.25) is 0 Å². The fourth-order valence-electron chi connectivity index (χ4n) is 2.76. The minimum Gasteiger partial charge on any atom is -0.497 e. The first-order valence-electron chi connectivity index (χ1n) is 7.95. The van der Waals surface area contributed by atoms with E-state index in [1.807, 2.05) is 59.1 Å². The number of furan rings is 1. The Hall–Kier alpha value is -3.34. The van der Waals surface area contributed by atoms with E-state index in [0.717, 1.165) is 34.0 Å². The van der Waals surface area contributed by atoms with Crippen LogP contribution in [0.15, 0.2) is 71.9 Å². The van der Waals surface area contributed by atoms with Crippen LogP contribution in [0.1, 0.15) is 11.6 Å². The molecule has 4 aromatic rings. The smallest absolute Gasteiger partial charge is 0.156 e. The van der Waals surface area contributed by atoms with Crippen LogP contribution in [0.25, 0.3) is 22.5 Å². The third-order valence-electron chi connectivity index (χ3n) is 4.03. The molecule has 0 saturated heterocycles. The minimum absolute atomic E-state index is 0.539. The van der Waals surface area contributed by atoms with Crippen LogP contribution < -0.4 is 4.74 Å². The number of allylic oxidation sites excluding steroid dienone is 1. The maximum absolute atomic E-state index is 5.38. The van der Waals surface area contributed by atoms with Crippen LogP contribution in [0, 0.1) is 0 Å². The van der Waals surface area contributed by atoms with Gasteiger partial charge in [0.15, 0.2) is 11.5 Å². The number of benzene rings is 1. The quantitative estimate of drug-likeness (QED) is 0.548. The Balaban J connectivity index is 1.69. The van der Waals surface area contributed by atoms with Gasteiger partial charge in [0.2, 0.25) is 0 Å². The van der Waals surface area contributed by atoms with E-state index in [1.165, 1.54) is 0 Å². The highest BCUT2D eigenvalue weighted by Gasteiger charge is 2.11. The molecule has 5 nitrogen and oxygen atoms in total. The summed E-state index contributed by atoms with van der Waals surface area (Å²) in [4.78, 5) is 4.61. The van der Waals surface area contributed by atoms with Gasteiger partial charge in [-0.15, -0.1) is 0 Å². The number of ether oxygens (including phenoxy) is 1. The summed E-state index contributed by atoms with van der Waals surface area (Å²) in [5.74, 6) is 2.29. The number of hydrogen-bond donors (Lipinski definition) is 0. The largest absolute Gasteiger partial charge is 0.497 e. The molecule has 124 valence electrons. The molecule has 0 unspecified atom stereocenters. The number of pyridine rings is 1. The Labute approximate surface area is 145 Å². The van der Waals surface area contributed by atoms with E-state index in [2.05, 4.69) is 16.7 Å². The van der Waals surface area contributed by atoms with Crippen LogP contribution >= 0.6 is 0 Å². The lowest BCUT2D eigenvalue weighted by molar-refractivity contribution is 0.415. The van der Waals surface area contributed by atoms with E-state index < -0.39 is 0 Å². The van der Waals surface area contributed by atoms with Crippen molar-refractivity contribution in [3.05, 3.63) is 79.0 Å². The average molecular weight is 331 g/mol. The second-order valence-electron chi connectivity index (χ2n) is 5.70. The molecular weight excluding hydrogens is 314 g/mol. The monoisotopic (exact) mass is 331 g/mol. The van der Waals surface area contributed by atoms with E-state index in [-0.39, 0.29) is 0 Å². The lowest BCUT2D eigenvalue weighted by Gasteiger charge is -2.05. The number of nitrogens with zero attached hydrogens (tertiary/aromatic N) is 3. The topological polar surface area (TPSA) is 52.6 Å². The third-order valence-corrected chi connectivity index (χ3v) is 4.03. The van der Waals surface area contributed by atoms with Crippen molar-refractivity contribution in [2.75, 3.05) is 7.11 Å². The van der Waals surface area contributed by atoms with Gasteiger partial charge in [0, 0.05) is 12.0 Å². The number of rotatable bonds is 5. The van der Waals surface area contributed by atoms with Gasteiger partial charge in [0.05, 0.1) is 19.1 Å². The molecule has 0 saturated carbocycles. The predicted octanol–water partition coefficient (Wildman–Crippen LogP) is 4.25. The van der Waals surface area contributed by atoms with Crippen LogP contribution in [-0.2, 0) is 6.42 Å². The van der Waals surface area contributed by atoms with Gasteiger partial charge >= 0.3 is 0 Å². The summed E-state index contributed by atoms with van der Waals surface area (Å²) < 4.78 is 12.5. The number of fused-ring (bicyclic) bond motifs is 1. The summed E-state index contributed by atoms with van der Waals surface area (Å²) in [6.07, 6.45) is 2.18. The van der Waals surface area contributed by atoms with E-state index in [9.17, 15) is 0 Å². The van der Waals surface area contributed by atoms with Gasteiger partial charge in [-0.2, -0.15) is 5.10 Å². The summed E-state index contributed by atoms with van der Waals surface area (Å²) in [7, 11) is 1.66. The number of methoxy groups -OCH3 is 1. The molecule has 0 radical (unpaired) electrons. The van der Waals surface area contributed by atoms with Crippen molar-refractivity contribution < 1.29 is 9.15 Å². The van der Waals surface area contributed by atoms with Gasteiger partial charge in [-0.1, -0.05) is 12.6 Å². The van der Waals surface area contributed by atoms with Crippen LogP contribution in [0.4, 0.5) is 0 Å². The molecule has 0 fully saturated rings. The lowest BCUT2D eigenvalue weighted by atomic mass is 10.1. The fourth-order valence-corrected chi connectivity index (χ4v) is 2.76. The van der Waals surface area contributed by atoms with Crippen molar-refractivity contribution in [1.82, 2.24) is 14.6 Å². The van der Waals surface area contributed by atoms with Gasteiger partial charge in [0.25, 0.3) is 0 Å². The highest BCUT2D eigenvalue weighted by atomic mass is 16.5. The first-order valence-corrected chi connectivity index (χ1v) is 7.95. The van der Waals surface area contributed by atoms with Crippen molar-refractivity contribution >= 4 is 11.2 Å². The van der Waals surface area contributed by atoms with Crippen molar-refractivity contribution in [1.29, 1.82) is 0 Å². The molecule has 1 aromatic carbocycles. The van der Waals surface area contributed by atoms with Crippen LogP contribution in [0.3, 0.4) is 0 Å². The molecule has 4 rings (SSSR count). The maximum atomic E-state index is 5.38. The van der Waals surface area contributed by atoms with Gasteiger partial charge in [0.1, 0.15) is 11.5 Å². The molecule has 0 atom stereocenters. The van der Waals surface area contributed by atoms with E-state index in [0.29, 0.717) is 12.2 Å². The van der Waals surface area contributed by atoms with Gasteiger partial charge in [-0.05, 0) is 54.1 Å². The Morgan fingerprint density at radius 1 is 1.12 bits per heavy atom. The zero-order valence-corrected chi connectivity index (χ0v) is 13.8. The molecule has 25 heavy (non-hydrogen) atoms. The molecule has 0 amide bonds. The van der Waals surface area contributed by atoms with Crippen molar-refractivity contribution in [2.24, 2.45) is 0 Å². The first kappa shape index (κ1) is 15.2. The first-order chi connectivity index (χ1) is 12.2. The molecule has 0 bridgehead atoms. The molecule has 0 aliphatic carbocycles. The van der Waals surface area contributed by atoms with Crippen molar-refractivity contribution in [3.63, 3.8) is 0 Å². The fraction of sp³-hybridized carbons (Fsp3) is 0.100. The van der Waals surface area contributed by atoms with E-state index in [1.54, 1.807) is 13.4 Å². The van der Waals surface area contributed by atoms with E-state index >= 15 is 0 Å². The predicted molar refractivity (Wildman–Crippen MR) is 96.4 cm³/mol. The zero-order chi connectivity index (χ0) is 17.2. The molecule has 5 heteroatoms. The lowest BCUT2D eigenvalue weighted by Crippen LogP contribution is -1.95. The number of aromatic nitrogens is 3. The molecular formula is C20H17N3O2. The summed E-state index contributed by atoms with van der Waals surface area (Å²) in [6, 6.07) is 17.6. The Kier molecular flexibility index (Phi) is 3.82. The van der Waals surface area contributed by atoms with Crippen LogP contribution in [-0.4, -0.2) is 21.7 Å². The summed E-state index contributed by atoms with van der Waals surface area (Å²) in [5.41, 5.74) is 3.68. The maximum Gasteiger partial charge on any atom is 0.156 e. The van der Waals surface area contributed by atoms with Gasteiger partial charge in [-0.3, -0.25) is 0 Å². The summed E-state index contributed by atoms with van der Waals surface area (Å²) in [6.45, 7) is 4.07. The second kappa shape index (κ2) is 6.28. The molecule has 0 aliphatic rings. The normalized spacial score (nSPS) is 10.9. The average Bonchev–Trinajstić information content (AvgIpc) is 3.30. The molecule has 0 spiro atoms. The third kappa shape index (κ3) is 2.92. The Morgan fingerprint density at radius 2 is 1.96 bits per heavy atom. The molecule has 0 N–H and O–H groups in total. The molecule has 0 aliphatic heterocycles. The Bertz CT molecular complexity index is 1010. The minimum atomic E-state index is 0.539.